The maximum absolute atomic E-state index is 13.9. The molecule has 1 rings (SSSR count). The van der Waals surface area contributed by atoms with Crippen LogP contribution >= 0.6 is 0 Å². The van der Waals surface area contributed by atoms with Gasteiger partial charge in [-0.2, -0.15) is 0 Å². The molecule has 0 aliphatic rings. The lowest BCUT2D eigenvalue weighted by Gasteiger charge is -2.23. The Hall–Kier alpha value is -0.890. The topological polar surface area (TPSA) is 12.0 Å². The largest absolute Gasteiger partial charge is 0.310 e. The highest BCUT2D eigenvalue weighted by Gasteiger charge is 2.18. The molecule has 84 valence electrons. The fourth-order valence-corrected chi connectivity index (χ4v) is 1.83. The van der Waals surface area contributed by atoms with Gasteiger partial charge in [-0.25, -0.2) is 4.39 Å². The average Bonchev–Trinajstić information content (AvgIpc) is 2.19. The van der Waals surface area contributed by atoms with E-state index in [1.807, 2.05) is 32.0 Å². The second-order valence-corrected chi connectivity index (χ2v) is 4.26. The Bertz CT molecular complexity index is 320. The van der Waals surface area contributed by atoms with E-state index >= 15 is 0 Å². The number of hydrogen-bond donors (Lipinski definition) is 1. The van der Waals surface area contributed by atoms with E-state index in [1.54, 1.807) is 0 Å². The molecule has 0 radical (unpaired) electrons. The summed E-state index contributed by atoms with van der Waals surface area (Å²) in [4.78, 5) is 0. The minimum absolute atomic E-state index is 0.0721. The lowest BCUT2D eigenvalue weighted by Crippen LogP contribution is -2.26. The van der Waals surface area contributed by atoms with Gasteiger partial charge in [-0.1, -0.05) is 39.0 Å². The van der Waals surface area contributed by atoms with Crippen LogP contribution in [0.25, 0.3) is 0 Å². The van der Waals surface area contributed by atoms with Crippen molar-refractivity contribution in [1.82, 2.24) is 5.32 Å². The third-order valence-electron chi connectivity index (χ3n) is 2.65. The zero-order valence-electron chi connectivity index (χ0n) is 9.97. The Morgan fingerprint density at radius 3 is 2.53 bits per heavy atom. The van der Waals surface area contributed by atoms with Crippen molar-refractivity contribution < 1.29 is 4.39 Å². The molecule has 0 fully saturated rings. The highest BCUT2D eigenvalue weighted by atomic mass is 19.1. The summed E-state index contributed by atoms with van der Waals surface area (Å²) in [6.07, 6.45) is 0. The first kappa shape index (κ1) is 12.2. The Morgan fingerprint density at radius 2 is 2.00 bits per heavy atom. The lowest BCUT2D eigenvalue weighted by atomic mass is 9.94. The third kappa shape index (κ3) is 2.78. The fraction of sp³-hybridized carbons (Fsp3) is 0.538. The van der Waals surface area contributed by atoms with E-state index in [4.69, 9.17) is 0 Å². The fourth-order valence-electron chi connectivity index (χ4n) is 1.83. The maximum atomic E-state index is 13.9. The summed E-state index contributed by atoms with van der Waals surface area (Å²) in [6.45, 7) is 8.92. The molecule has 0 bridgehead atoms. The van der Waals surface area contributed by atoms with E-state index < -0.39 is 0 Å². The number of halogens is 1. The predicted molar refractivity (Wildman–Crippen MR) is 62.4 cm³/mol. The van der Waals surface area contributed by atoms with Gasteiger partial charge in [0, 0.05) is 11.6 Å². The highest BCUT2D eigenvalue weighted by molar-refractivity contribution is 5.27. The standard InChI is InChI=1S/C13H20FN/c1-5-15-13(9(2)3)11-8-6-7-10(4)12(11)14/h6-9,13,15H,5H2,1-4H3. The van der Waals surface area contributed by atoms with Crippen molar-refractivity contribution in [3.05, 3.63) is 35.1 Å². The second kappa shape index (κ2) is 5.26. The van der Waals surface area contributed by atoms with Crippen molar-refractivity contribution in [3.63, 3.8) is 0 Å². The molecule has 0 heterocycles. The molecular weight excluding hydrogens is 189 g/mol. The van der Waals surface area contributed by atoms with Gasteiger partial charge in [0.15, 0.2) is 0 Å². The molecule has 1 aromatic carbocycles. The van der Waals surface area contributed by atoms with Gasteiger partial charge < -0.3 is 5.32 Å². The molecule has 0 saturated carbocycles. The van der Waals surface area contributed by atoms with Gasteiger partial charge in [0.25, 0.3) is 0 Å². The van der Waals surface area contributed by atoms with Crippen LogP contribution in [0, 0.1) is 18.7 Å². The molecule has 0 aliphatic heterocycles. The molecule has 2 heteroatoms. The molecule has 0 saturated heterocycles. The summed E-state index contributed by atoms with van der Waals surface area (Å²) in [5, 5.41) is 3.33. The number of benzene rings is 1. The quantitative estimate of drug-likeness (QED) is 0.801. The van der Waals surface area contributed by atoms with Gasteiger partial charge in [0.05, 0.1) is 0 Å². The van der Waals surface area contributed by atoms with Crippen LogP contribution in [-0.4, -0.2) is 6.54 Å². The van der Waals surface area contributed by atoms with Gasteiger partial charge >= 0.3 is 0 Å². The van der Waals surface area contributed by atoms with Gasteiger partial charge in [-0.05, 0) is 24.9 Å². The van der Waals surface area contributed by atoms with Crippen molar-refractivity contribution in [2.45, 2.75) is 33.7 Å². The Labute approximate surface area is 91.7 Å². The molecule has 15 heavy (non-hydrogen) atoms. The summed E-state index contributed by atoms with van der Waals surface area (Å²) in [6, 6.07) is 5.70. The van der Waals surface area contributed by atoms with Crippen LogP contribution in [0.5, 0.6) is 0 Å². The number of nitrogens with one attached hydrogen (secondary N) is 1. The first-order valence-corrected chi connectivity index (χ1v) is 5.56. The van der Waals surface area contributed by atoms with Crippen LogP contribution in [0.15, 0.2) is 18.2 Å². The summed E-state index contributed by atoms with van der Waals surface area (Å²) in [7, 11) is 0. The van der Waals surface area contributed by atoms with Gasteiger partial charge in [-0.15, -0.1) is 0 Å². The van der Waals surface area contributed by atoms with Crippen molar-refractivity contribution in [3.8, 4) is 0 Å². The maximum Gasteiger partial charge on any atom is 0.130 e. The van der Waals surface area contributed by atoms with Crippen molar-refractivity contribution in [2.75, 3.05) is 6.54 Å². The van der Waals surface area contributed by atoms with Gasteiger partial charge in [0.1, 0.15) is 5.82 Å². The smallest absolute Gasteiger partial charge is 0.130 e. The van der Waals surface area contributed by atoms with Crippen molar-refractivity contribution in [2.24, 2.45) is 5.92 Å². The van der Waals surface area contributed by atoms with Crippen LogP contribution in [0.2, 0.25) is 0 Å². The van der Waals surface area contributed by atoms with Gasteiger partial charge in [0.2, 0.25) is 0 Å². The third-order valence-corrected chi connectivity index (χ3v) is 2.65. The molecule has 1 unspecified atom stereocenters. The number of aryl methyl sites for hydroxylation is 1. The molecule has 0 aromatic heterocycles. The van der Waals surface area contributed by atoms with E-state index in [0.29, 0.717) is 5.92 Å². The molecule has 0 amide bonds. The SMILES string of the molecule is CCNC(c1cccc(C)c1F)C(C)C. The molecule has 0 spiro atoms. The molecule has 0 aliphatic carbocycles. The minimum Gasteiger partial charge on any atom is -0.310 e. The normalized spacial score (nSPS) is 13.2. The second-order valence-electron chi connectivity index (χ2n) is 4.26. The van der Waals surface area contributed by atoms with E-state index in [9.17, 15) is 4.39 Å². The monoisotopic (exact) mass is 209 g/mol. The predicted octanol–water partition coefficient (Wildman–Crippen LogP) is 3.44. The van der Waals surface area contributed by atoms with E-state index in [0.717, 1.165) is 17.7 Å². The molecular formula is C13H20FN. The van der Waals surface area contributed by atoms with Crippen molar-refractivity contribution in [1.29, 1.82) is 0 Å². The first-order valence-electron chi connectivity index (χ1n) is 5.56. The molecule has 1 atom stereocenters. The Morgan fingerprint density at radius 1 is 1.33 bits per heavy atom. The Kier molecular flexibility index (Phi) is 4.28. The van der Waals surface area contributed by atoms with Gasteiger partial charge in [-0.3, -0.25) is 0 Å². The molecule has 1 N–H and O–H groups in total. The molecule has 1 nitrogen and oxygen atoms in total. The summed E-state index contributed by atoms with van der Waals surface area (Å²) < 4.78 is 13.9. The molecule has 1 aromatic rings. The van der Waals surface area contributed by atoms with E-state index in [2.05, 4.69) is 19.2 Å². The lowest BCUT2D eigenvalue weighted by molar-refractivity contribution is 0.405. The van der Waals surface area contributed by atoms with Crippen LogP contribution in [0.4, 0.5) is 4.39 Å². The van der Waals surface area contributed by atoms with Crippen LogP contribution in [0.3, 0.4) is 0 Å². The first-order chi connectivity index (χ1) is 7.07. The van der Waals surface area contributed by atoms with Crippen LogP contribution < -0.4 is 5.32 Å². The minimum atomic E-state index is -0.0721. The summed E-state index contributed by atoms with van der Waals surface area (Å²) in [5.74, 6) is 0.318. The zero-order valence-corrected chi connectivity index (χ0v) is 9.97. The van der Waals surface area contributed by atoms with Crippen LogP contribution in [-0.2, 0) is 0 Å². The highest BCUT2D eigenvalue weighted by Crippen LogP contribution is 2.25. The summed E-state index contributed by atoms with van der Waals surface area (Å²) in [5.41, 5.74) is 1.50. The summed E-state index contributed by atoms with van der Waals surface area (Å²) >= 11 is 0. The Balaban J connectivity index is 3.05. The van der Waals surface area contributed by atoms with Crippen molar-refractivity contribution >= 4 is 0 Å². The average molecular weight is 209 g/mol. The zero-order chi connectivity index (χ0) is 11.4. The number of rotatable bonds is 4. The number of hydrogen-bond acceptors (Lipinski definition) is 1. The van der Waals surface area contributed by atoms with E-state index in [-0.39, 0.29) is 11.9 Å². The van der Waals surface area contributed by atoms with Crippen LogP contribution in [0.1, 0.15) is 37.9 Å². The van der Waals surface area contributed by atoms with E-state index in [1.165, 1.54) is 0 Å².